The van der Waals surface area contributed by atoms with Gasteiger partial charge in [0.25, 0.3) is 11.8 Å². The van der Waals surface area contributed by atoms with Crippen LogP contribution in [-0.2, 0) is 23.2 Å². The Kier molecular flexibility index (Phi) is 4.63. The third kappa shape index (κ3) is 5.53. The number of hydrogen-bond acceptors (Lipinski definition) is 5. The molecule has 0 radical (unpaired) electrons. The monoisotopic (exact) mass is 275 g/mol. The van der Waals surface area contributed by atoms with E-state index >= 15 is 0 Å². The lowest BCUT2D eigenvalue weighted by molar-refractivity contribution is -0.123. The van der Waals surface area contributed by atoms with Crippen molar-refractivity contribution in [3.63, 3.8) is 0 Å². The van der Waals surface area contributed by atoms with Gasteiger partial charge in [-0.1, -0.05) is 0 Å². The maximum absolute atomic E-state index is 11.2. The Hall–Kier alpha value is -1.04. The van der Waals surface area contributed by atoms with E-state index in [1.165, 1.54) is 0 Å². The Morgan fingerprint density at radius 2 is 1.33 bits per heavy atom. The molecule has 2 aliphatic carbocycles. The van der Waals surface area contributed by atoms with Crippen LogP contribution in [0.1, 0.15) is 25.7 Å². The fraction of sp³-hybridized carbons (Fsp3) is 0.800. The zero-order chi connectivity index (χ0) is 13.0. The van der Waals surface area contributed by atoms with E-state index in [1.54, 1.807) is 0 Å². The van der Waals surface area contributed by atoms with Gasteiger partial charge in [-0.15, -0.1) is 9.05 Å². The molecule has 100 valence electrons. The molecule has 0 aromatic carbocycles. The standard InChI is InChI=1S/C10H15N2O5P/c13-9(11-7-1-2-7)5-16-18(15)17-6-10(14)12-8-3-4-8/h7-8H,1-6H2,(H-,11,12,13,14)/p+1. The van der Waals surface area contributed by atoms with Crippen LogP contribution < -0.4 is 10.6 Å². The van der Waals surface area contributed by atoms with Gasteiger partial charge in [-0.25, -0.2) is 0 Å². The van der Waals surface area contributed by atoms with Crippen LogP contribution in [0.15, 0.2) is 0 Å². The predicted octanol–water partition coefficient (Wildman–Crippen LogP) is 0.234. The third-order valence-electron chi connectivity index (χ3n) is 2.49. The molecule has 2 fully saturated rings. The van der Waals surface area contributed by atoms with Crippen molar-refractivity contribution in [3.05, 3.63) is 0 Å². The first kappa shape index (κ1) is 13.4. The summed E-state index contributed by atoms with van der Waals surface area (Å²) in [5, 5.41) is 5.36. The molecule has 2 aliphatic rings. The molecule has 0 unspecified atom stereocenters. The average Bonchev–Trinajstić information content (AvgIpc) is 3.19. The molecule has 0 heterocycles. The van der Waals surface area contributed by atoms with Crippen LogP contribution in [-0.4, -0.2) is 37.1 Å². The zero-order valence-electron chi connectivity index (χ0n) is 9.89. The first-order valence-electron chi connectivity index (χ1n) is 5.95. The largest absolute Gasteiger partial charge is 0.698 e. The molecule has 0 spiro atoms. The molecule has 18 heavy (non-hydrogen) atoms. The van der Waals surface area contributed by atoms with E-state index in [0.29, 0.717) is 0 Å². The highest BCUT2D eigenvalue weighted by molar-refractivity contribution is 7.33. The van der Waals surface area contributed by atoms with Crippen molar-refractivity contribution in [2.75, 3.05) is 13.2 Å². The van der Waals surface area contributed by atoms with E-state index in [9.17, 15) is 14.2 Å². The van der Waals surface area contributed by atoms with E-state index in [0.717, 1.165) is 25.7 Å². The minimum atomic E-state index is -2.43. The molecule has 2 saturated carbocycles. The van der Waals surface area contributed by atoms with Gasteiger partial charge >= 0.3 is 8.25 Å². The van der Waals surface area contributed by atoms with Crippen LogP contribution in [0.25, 0.3) is 0 Å². The van der Waals surface area contributed by atoms with Gasteiger partial charge in [-0.3, -0.25) is 9.59 Å². The van der Waals surface area contributed by atoms with Crippen molar-refractivity contribution in [1.82, 2.24) is 10.6 Å². The molecule has 8 heteroatoms. The van der Waals surface area contributed by atoms with E-state index in [2.05, 4.69) is 10.6 Å². The number of hydrogen-bond donors (Lipinski definition) is 2. The van der Waals surface area contributed by atoms with Crippen LogP contribution in [0.4, 0.5) is 0 Å². The fourth-order valence-corrected chi connectivity index (χ4v) is 1.77. The van der Waals surface area contributed by atoms with Crippen molar-refractivity contribution in [1.29, 1.82) is 0 Å². The molecule has 2 rings (SSSR count). The molecular weight excluding hydrogens is 259 g/mol. The number of rotatable bonds is 8. The summed E-state index contributed by atoms with van der Waals surface area (Å²) in [4.78, 5) is 22.4. The van der Waals surface area contributed by atoms with Gasteiger partial charge < -0.3 is 10.6 Å². The smallest absolute Gasteiger partial charge is 0.351 e. The normalized spacial score (nSPS) is 18.2. The Morgan fingerprint density at radius 3 is 1.67 bits per heavy atom. The van der Waals surface area contributed by atoms with Crippen molar-refractivity contribution in [2.24, 2.45) is 0 Å². The summed E-state index contributed by atoms with van der Waals surface area (Å²) in [5.41, 5.74) is 0. The number of carbonyl (C=O) groups excluding carboxylic acids is 2. The predicted molar refractivity (Wildman–Crippen MR) is 61.8 cm³/mol. The maximum Gasteiger partial charge on any atom is 0.698 e. The number of amides is 2. The van der Waals surface area contributed by atoms with Crippen LogP contribution in [0, 0.1) is 0 Å². The SMILES string of the molecule is O=C(CO[P+](=O)OCC(=O)NC1CC1)NC1CC1. The fourth-order valence-electron chi connectivity index (χ4n) is 1.25. The lowest BCUT2D eigenvalue weighted by Crippen LogP contribution is -2.29. The topological polar surface area (TPSA) is 93.7 Å². The average molecular weight is 275 g/mol. The van der Waals surface area contributed by atoms with Crippen LogP contribution in [0.5, 0.6) is 0 Å². The molecule has 0 aliphatic heterocycles. The first-order valence-corrected chi connectivity index (χ1v) is 7.05. The summed E-state index contributed by atoms with van der Waals surface area (Å²) in [5.74, 6) is -0.626. The Bertz CT molecular complexity index is 322. The van der Waals surface area contributed by atoms with Crippen molar-refractivity contribution < 1.29 is 23.2 Å². The Balaban J connectivity index is 1.50. The minimum Gasteiger partial charge on any atom is -0.351 e. The van der Waals surface area contributed by atoms with Gasteiger partial charge in [0.2, 0.25) is 0 Å². The molecule has 0 saturated heterocycles. The van der Waals surface area contributed by atoms with E-state index < -0.39 is 8.25 Å². The molecule has 2 N–H and O–H groups in total. The quantitative estimate of drug-likeness (QED) is 0.619. The molecular formula is C10H16N2O5P+. The summed E-state index contributed by atoms with van der Waals surface area (Å²) >= 11 is 0. The van der Waals surface area contributed by atoms with Gasteiger partial charge in [-0.2, -0.15) is 0 Å². The van der Waals surface area contributed by atoms with E-state index in [-0.39, 0.29) is 37.1 Å². The Labute approximate surface area is 106 Å². The molecule has 0 atom stereocenters. The van der Waals surface area contributed by atoms with Gasteiger partial charge in [0.15, 0.2) is 13.2 Å². The molecule has 2 amide bonds. The highest BCUT2D eigenvalue weighted by Crippen LogP contribution is 2.24. The lowest BCUT2D eigenvalue weighted by atomic mass is 10.6. The summed E-state index contributed by atoms with van der Waals surface area (Å²) < 4.78 is 20.6. The minimum absolute atomic E-state index is 0.240. The first-order chi connectivity index (χ1) is 8.63. The second kappa shape index (κ2) is 6.22. The van der Waals surface area contributed by atoms with Crippen molar-refractivity contribution in [2.45, 2.75) is 37.8 Å². The second-order valence-electron chi connectivity index (χ2n) is 4.45. The highest BCUT2D eigenvalue weighted by Gasteiger charge is 2.29. The summed E-state index contributed by atoms with van der Waals surface area (Å²) in [6.07, 6.45) is 3.93. The van der Waals surface area contributed by atoms with Gasteiger partial charge in [-0.05, 0) is 25.7 Å². The second-order valence-corrected chi connectivity index (χ2v) is 5.42. The van der Waals surface area contributed by atoms with Crippen LogP contribution in [0.2, 0.25) is 0 Å². The van der Waals surface area contributed by atoms with Gasteiger partial charge in [0.1, 0.15) is 0 Å². The number of carbonyl (C=O) groups is 2. The highest BCUT2D eigenvalue weighted by atomic mass is 31.1. The summed E-state index contributed by atoms with van der Waals surface area (Å²) in [7, 11) is -2.43. The lowest BCUT2D eigenvalue weighted by Gasteiger charge is -1.98. The van der Waals surface area contributed by atoms with Crippen LogP contribution in [0.3, 0.4) is 0 Å². The molecule has 0 aromatic heterocycles. The maximum atomic E-state index is 11.2. The van der Waals surface area contributed by atoms with Crippen molar-refractivity contribution >= 4 is 20.1 Å². The summed E-state index contributed by atoms with van der Waals surface area (Å²) in [6, 6.07) is 0.480. The van der Waals surface area contributed by atoms with Gasteiger partial charge in [0, 0.05) is 16.6 Å². The van der Waals surface area contributed by atoms with E-state index in [4.69, 9.17) is 9.05 Å². The number of nitrogens with one attached hydrogen (secondary N) is 2. The third-order valence-corrected chi connectivity index (χ3v) is 3.17. The Morgan fingerprint density at radius 1 is 0.944 bits per heavy atom. The van der Waals surface area contributed by atoms with Crippen LogP contribution >= 0.6 is 8.25 Å². The zero-order valence-corrected chi connectivity index (χ0v) is 10.8. The van der Waals surface area contributed by atoms with Crippen molar-refractivity contribution in [3.8, 4) is 0 Å². The molecule has 0 aromatic rings. The molecule has 0 bridgehead atoms. The van der Waals surface area contributed by atoms with E-state index in [1.807, 2.05) is 0 Å². The van der Waals surface area contributed by atoms with Gasteiger partial charge in [0.05, 0.1) is 0 Å². The molecule has 7 nitrogen and oxygen atoms in total. The summed E-state index contributed by atoms with van der Waals surface area (Å²) in [6.45, 7) is -0.619.